The summed E-state index contributed by atoms with van der Waals surface area (Å²) < 4.78 is 0. The Kier molecular flexibility index (Phi) is 2.84. The number of nitrogens with zero attached hydrogens (tertiary/aromatic N) is 2. The van der Waals surface area contributed by atoms with Gasteiger partial charge in [0.05, 0.1) is 5.69 Å². The third-order valence-electron chi connectivity index (χ3n) is 2.81. The summed E-state index contributed by atoms with van der Waals surface area (Å²) in [5.41, 5.74) is 2.27. The van der Waals surface area contributed by atoms with Gasteiger partial charge in [0.15, 0.2) is 0 Å². The molecule has 4 nitrogen and oxygen atoms in total. The summed E-state index contributed by atoms with van der Waals surface area (Å²) >= 11 is 0. The first-order valence-electron chi connectivity index (χ1n) is 5.22. The highest BCUT2D eigenvalue weighted by Crippen LogP contribution is 2.30. The number of isocyanates is 1. The fourth-order valence-corrected chi connectivity index (χ4v) is 1.98. The van der Waals surface area contributed by atoms with Crippen molar-refractivity contribution in [3.63, 3.8) is 0 Å². The molecule has 0 spiro atoms. The molecule has 16 heavy (non-hydrogen) atoms. The average molecular weight is 216 g/mol. The molecule has 0 bridgehead atoms. The van der Waals surface area contributed by atoms with E-state index in [1.807, 2.05) is 13.0 Å². The lowest BCUT2D eigenvalue weighted by Crippen LogP contribution is -2.24. The van der Waals surface area contributed by atoms with E-state index >= 15 is 0 Å². The van der Waals surface area contributed by atoms with Crippen molar-refractivity contribution < 1.29 is 9.59 Å². The van der Waals surface area contributed by atoms with Crippen LogP contribution in [-0.4, -0.2) is 18.5 Å². The molecule has 0 saturated carbocycles. The highest BCUT2D eigenvalue weighted by Gasteiger charge is 2.23. The monoisotopic (exact) mass is 216 g/mol. The van der Waals surface area contributed by atoms with Crippen LogP contribution in [-0.2, 0) is 9.59 Å². The molecule has 1 aromatic carbocycles. The highest BCUT2D eigenvalue weighted by atomic mass is 16.2. The van der Waals surface area contributed by atoms with E-state index in [0.29, 0.717) is 12.1 Å². The quantitative estimate of drug-likeness (QED) is 0.561. The maximum Gasteiger partial charge on any atom is 0.240 e. The van der Waals surface area contributed by atoms with Gasteiger partial charge in [-0.05, 0) is 31.0 Å². The summed E-state index contributed by atoms with van der Waals surface area (Å²) in [6, 6.07) is 5.41. The fraction of sp³-hybridized carbons (Fsp3) is 0.333. The van der Waals surface area contributed by atoms with Gasteiger partial charge in [-0.1, -0.05) is 6.07 Å². The summed E-state index contributed by atoms with van der Waals surface area (Å²) in [7, 11) is 0. The van der Waals surface area contributed by atoms with Crippen molar-refractivity contribution in [2.75, 3.05) is 11.4 Å². The zero-order valence-electron chi connectivity index (χ0n) is 9.06. The van der Waals surface area contributed by atoms with Crippen molar-refractivity contribution in [1.82, 2.24) is 0 Å². The number of carbonyl (C=O) groups is 1. The molecule has 0 aliphatic carbocycles. The van der Waals surface area contributed by atoms with Crippen LogP contribution in [0, 0.1) is 6.92 Å². The van der Waals surface area contributed by atoms with E-state index in [0.717, 1.165) is 24.2 Å². The Morgan fingerprint density at radius 1 is 1.44 bits per heavy atom. The molecule has 2 rings (SSSR count). The normalized spacial score (nSPS) is 15.1. The van der Waals surface area contributed by atoms with E-state index in [1.165, 1.54) is 6.08 Å². The molecule has 1 aliphatic heterocycles. The van der Waals surface area contributed by atoms with Crippen LogP contribution in [0.2, 0.25) is 0 Å². The van der Waals surface area contributed by atoms with Crippen LogP contribution < -0.4 is 4.90 Å². The SMILES string of the molecule is Cc1c(N=C=O)cccc1N1CCCC1=O. The zero-order valence-corrected chi connectivity index (χ0v) is 9.06. The van der Waals surface area contributed by atoms with Gasteiger partial charge in [-0.15, -0.1) is 0 Å². The molecule has 1 heterocycles. The molecule has 82 valence electrons. The van der Waals surface area contributed by atoms with Crippen LogP contribution in [0.15, 0.2) is 23.2 Å². The molecule has 0 N–H and O–H groups in total. The Morgan fingerprint density at radius 2 is 2.25 bits per heavy atom. The minimum absolute atomic E-state index is 0.135. The molecule has 4 heteroatoms. The van der Waals surface area contributed by atoms with Crippen molar-refractivity contribution in [1.29, 1.82) is 0 Å². The number of carbonyl (C=O) groups excluding carboxylic acids is 2. The molecule has 1 aliphatic rings. The van der Waals surface area contributed by atoms with E-state index in [-0.39, 0.29) is 5.91 Å². The Bertz CT molecular complexity index is 476. The standard InChI is InChI=1S/C12H12N2O2/c1-9-10(13-8-15)4-2-5-11(9)14-7-3-6-12(14)16/h2,4-5H,3,6-7H2,1H3. The maximum atomic E-state index is 11.6. The molecule has 1 fully saturated rings. The van der Waals surface area contributed by atoms with Gasteiger partial charge >= 0.3 is 0 Å². The van der Waals surface area contributed by atoms with Gasteiger partial charge in [-0.2, -0.15) is 4.99 Å². The second-order valence-electron chi connectivity index (χ2n) is 3.77. The minimum Gasteiger partial charge on any atom is -0.312 e. The lowest BCUT2D eigenvalue weighted by Gasteiger charge is -2.18. The molecule has 0 aromatic heterocycles. The lowest BCUT2D eigenvalue weighted by atomic mass is 10.1. The van der Waals surface area contributed by atoms with Gasteiger partial charge in [-0.3, -0.25) is 4.79 Å². The largest absolute Gasteiger partial charge is 0.312 e. The number of hydrogen-bond donors (Lipinski definition) is 0. The van der Waals surface area contributed by atoms with E-state index in [1.54, 1.807) is 17.0 Å². The Hall–Kier alpha value is -1.93. The Balaban J connectivity index is 2.45. The predicted octanol–water partition coefficient (Wildman–Crippen LogP) is 2.09. The average Bonchev–Trinajstić information content (AvgIpc) is 2.68. The van der Waals surface area contributed by atoms with E-state index in [9.17, 15) is 9.59 Å². The van der Waals surface area contributed by atoms with Crippen LogP contribution in [0.5, 0.6) is 0 Å². The molecule has 1 aromatic rings. The number of amides is 1. The summed E-state index contributed by atoms with van der Waals surface area (Å²) in [4.78, 5) is 27.2. The van der Waals surface area contributed by atoms with Crippen molar-refractivity contribution in [2.45, 2.75) is 19.8 Å². The van der Waals surface area contributed by atoms with E-state index < -0.39 is 0 Å². The van der Waals surface area contributed by atoms with Crippen LogP contribution in [0.25, 0.3) is 0 Å². The lowest BCUT2D eigenvalue weighted by molar-refractivity contribution is -0.117. The number of aliphatic imine (C=N–C) groups is 1. The smallest absolute Gasteiger partial charge is 0.240 e. The third kappa shape index (κ3) is 1.75. The first kappa shape index (κ1) is 10.6. The van der Waals surface area contributed by atoms with Gasteiger partial charge in [0.2, 0.25) is 12.0 Å². The molecular formula is C12H12N2O2. The number of rotatable bonds is 2. The highest BCUT2D eigenvalue weighted by molar-refractivity contribution is 5.96. The molecule has 0 unspecified atom stereocenters. The number of benzene rings is 1. The maximum absolute atomic E-state index is 11.6. The molecular weight excluding hydrogens is 204 g/mol. The van der Waals surface area contributed by atoms with Gasteiger partial charge < -0.3 is 4.90 Å². The summed E-state index contributed by atoms with van der Waals surface area (Å²) in [5, 5.41) is 0. The number of hydrogen-bond acceptors (Lipinski definition) is 3. The van der Waals surface area contributed by atoms with Crippen LogP contribution in [0.4, 0.5) is 11.4 Å². The van der Waals surface area contributed by atoms with Crippen LogP contribution >= 0.6 is 0 Å². The minimum atomic E-state index is 0.135. The second-order valence-corrected chi connectivity index (χ2v) is 3.77. The van der Waals surface area contributed by atoms with E-state index in [4.69, 9.17) is 0 Å². The Morgan fingerprint density at radius 3 is 2.88 bits per heavy atom. The molecule has 0 atom stereocenters. The third-order valence-corrected chi connectivity index (χ3v) is 2.81. The summed E-state index contributed by atoms with van der Waals surface area (Å²) in [5.74, 6) is 0.135. The predicted molar refractivity (Wildman–Crippen MR) is 60.5 cm³/mol. The molecule has 1 amide bonds. The van der Waals surface area contributed by atoms with Crippen LogP contribution in [0.1, 0.15) is 18.4 Å². The molecule has 0 radical (unpaired) electrons. The van der Waals surface area contributed by atoms with E-state index in [2.05, 4.69) is 4.99 Å². The van der Waals surface area contributed by atoms with Crippen LogP contribution in [0.3, 0.4) is 0 Å². The summed E-state index contributed by atoms with van der Waals surface area (Å²) in [6.45, 7) is 2.60. The second kappa shape index (κ2) is 4.29. The van der Waals surface area contributed by atoms with Gasteiger partial charge in [0, 0.05) is 18.7 Å². The van der Waals surface area contributed by atoms with Gasteiger partial charge in [0.1, 0.15) is 0 Å². The first-order valence-corrected chi connectivity index (χ1v) is 5.22. The van der Waals surface area contributed by atoms with Gasteiger partial charge in [-0.25, -0.2) is 4.79 Å². The molecule has 1 saturated heterocycles. The van der Waals surface area contributed by atoms with Crippen molar-refractivity contribution >= 4 is 23.4 Å². The van der Waals surface area contributed by atoms with Crippen molar-refractivity contribution in [2.24, 2.45) is 4.99 Å². The topological polar surface area (TPSA) is 49.7 Å². The van der Waals surface area contributed by atoms with Gasteiger partial charge in [0.25, 0.3) is 0 Å². The Labute approximate surface area is 93.6 Å². The number of anilines is 1. The first-order chi connectivity index (χ1) is 7.74. The summed E-state index contributed by atoms with van der Waals surface area (Å²) in [6.07, 6.45) is 3.01. The zero-order chi connectivity index (χ0) is 11.5. The fourth-order valence-electron chi connectivity index (χ4n) is 1.98. The van der Waals surface area contributed by atoms with Crippen molar-refractivity contribution in [3.05, 3.63) is 23.8 Å². The van der Waals surface area contributed by atoms with Crippen molar-refractivity contribution in [3.8, 4) is 0 Å².